The molecule has 31 heavy (non-hydrogen) atoms. The van der Waals surface area contributed by atoms with Crippen LogP contribution in [0.3, 0.4) is 0 Å². The Morgan fingerprint density at radius 2 is 1.29 bits per heavy atom. The summed E-state index contributed by atoms with van der Waals surface area (Å²) < 4.78 is 0. The van der Waals surface area contributed by atoms with E-state index < -0.39 is 0 Å². The molecular formula is C26H47N3O2. The second-order valence-electron chi connectivity index (χ2n) is 10.2. The molecular weight excluding hydrogens is 386 g/mol. The van der Waals surface area contributed by atoms with Gasteiger partial charge in [-0.2, -0.15) is 0 Å². The van der Waals surface area contributed by atoms with E-state index in [-0.39, 0.29) is 5.92 Å². The van der Waals surface area contributed by atoms with Crippen LogP contribution in [0.1, 0.15) is 103 Å². The molecule has 5 heteroatoms. The predicted molar refractivity (Wildman–Crippen MR) is 127 cm³/mol. The van der Waals surface area contributed by atoms with Gasteiger partial charge in [-0.3, -0.25) is 9.59 Å². The summed E-state index contributed by atoms with van der Waals surface area (Å²) in [4.78, 5) is 32.2. The minimum Gasteiger partial charge on any atom is -0.343 e. The second-order valence-corrected chi connectivity index (χ2v) is 10.2. The minimum atomic E-state index is 0.248. The number of likely N-dealkylation sites (tertiary alicyclic amines) is 3. The lowest BCUT2D eigenvalue weighted by Gasteiger charge is -2.42. The average molecular weight is 434 g/mol. The van der Waals surface area contributed by atoms with Gasteiger partial charge < -0.3 is 14.7 Å². The smallest absolute Gasteiger partial charge is 0.225 e. The molecule has 5 nitrogen and oxygen atoms in total. The summed E-state index contributed by atoms with van der Waals surface area (Å²) in [5.74, 6) is 1.04. The first-order valence-corrected chi connectivity index (χ1v) is 13.5. The van der Waals surface area contributed by atoms with Crippen molar-refractivity contribution < 1.29 is 9.59 Å². The predicted octanol–water partition coefficient (Wildman–Crippen LogP) is 4.84. The molecule has 3 saturated heterocycles. The summed E-state index contributed by atoms with van der Waals surface area (Å²) in [5.41, 5.74) is 0. The van der Waals surface area contributed by atoms with Crippen molar-refractivity contribution in [1.82, 2.24) is 14.7 Å². The van der Waals surface area contributed by atoms with E-state index in [0.717, 1.165) is 77.8 Å². The fourth-order valence-electron chi connectivity index (χ4n) is 5.76. The van der Waals surface area contributed by atoms with Gasteiger partial charge >= 0.3 is 0 Å². The maximum absolute atomic E-state index is 12.8. The van der Waals surface area contributed by atoms with E-state index >= 15 is 0 Å². The first kappa shape index (κ1) is 24.5. The summed E-state index contributed by atoms with van der Waals surface area (Å²) in [7, 11) is 0. The number of hydrogen-bond acceptors (Lipinski definition) is 3. The van der Waals surface area contributed by atoms with Crippen LogP contribution in [0.25, 0.3) is 0 Å². The standard InChI is InChI=1S/C26H47N3O2/c1-2-3-4-5-6-7-9-12-25(30)28-21-15-24(16-22-28)27-19-13-23(14-20-27)26(31)29-17-10-8-11-18-29/h23-24H,2-22H2,1H3. The molecule has 0 aromatic carbocycles. The molecule has 0 aliphatic carbocycles. The van der Waals surface area contributed by atoms with Gasteiger partial charge in [0.25, 0.3) is 0 Å². The molecule has 0 aromatic rings. The average Bonchev–Trinajstić information content (AvgIpc) is 2.83. The lowest BCUT2D eigenvalue weighted by molar-refractivity contribution is -0.139. The Morgan fingerprint density at radius 3 is 1.94 bits per heavy atom. The second kappa shape index (κ2) is 13.4. The molecule has 3 fully saturated rings. The van der Waals surface area contributed by atoms with Gasteiger partial charge in [0.05, 0.1) is 0 Å². The van der Waals surface area contributed by atoms with Crippen LogP contribution in [0.5, 0.6) is 0 Å². The van der Waals surface area contributed by atoms with Crippen LogP contribution in [0.15, 0.2) is 0 Å². The van der Waals surface area contributed by atoms with Crippen LogP contribution < -0.4 is 0 Å². The Labute approximate surface area is 190 Å². The molecule has 0 atom stereocenters. The van der Waals surface area contributed by atoms with Crippen LogP contribution in [0.4, 0.5) is 0 Å². The van der Waals surface area contributed by atoms with Crippen molar-refractivity contribution in [2.75, 3.05) is 39.3 Å². The Hall–Kier alpha value is -1.10. The van der Waals surface area contributed by atoms with Gasteiger partial charge in [0.2, 0.25) is 11.8 Å². The number of nitrogens with zero attached hydrogens (tertiary/aromatic N) is 3. The van der Waals surface area contributed by atoms with Crippen molar-refractivity contribution in [3.8, 4) is 0 Å². The van der Waals surface area contributed by atoms with E-state index in [1.54, 1.807) is 0 Å². The summed E-state index contributed by atoms with van der Waals surface area (Å²) in [6.45, 7) is 8.16. The molecule has 0 aromatic heterocycles. The van der Waals surface area contributed by atoms with Crippen LogP contribution >= 0.6 is 0 Å². The summed E-state index contributed by atoms with van der Waals surface area (Å²) in [6, 6.07) is 0.605. The molecule has 0 radical (unpaired) electrons. The number of rotatable bonds is 10. The summed E-state index contributed by atoms with van der Waals surface area (Å²) in [6.07, 6.45) is 17.5. The van der Waals surface area contributed by atoms with Crippen molar-refractivity contribution in [2.24, 2.45) is 5.92 Å². The molecule has 178 valence electrons. The van der Waals surface area contributed by atoms with E-state index in [9.17, 15) is 9.59 Å². The van der Waals surface area contributed by atoms with E-state index in [1.165, 1.54) is 57.8 Å². The number of hydrogen-bond donors (Lipinski definition) is 0. The lowest BCUT2D eigenvalue weighted by Crippen LogP contribution is -2.50. The first-order chi connectivity index (χ1) is 15.2. The monoisotopic (exact) mass is 433 g/mol. The number of amides is 2. The molecule has 0 bridgehead atoms. The third-order valence-electron chi connectivity index (χ3n) is 7.87. The molecule has 0 N–H and O–H groups in total. The SMILES string of the molecule is CCCCCCCCCC(=O)N1CCC(N2CCC(C(=O)N3CCCCC3)CC2)CC1. The van der Waals surface area contributed by atoms with E-state index in [2.05, 4.69) is 21.6 Å². The Balaban J connectivity index is 1.28. The quantitative estimate of drug-likeness (QED) is 0.463. The van der Waals surface area contributed by atoms with Gasteiger partial charge in [-0.1, -0.05) is 45.4 Å². The summed E-state index contributed by atoms with van der Waals surface area (Å²) >= 11 is 0. The van der Waals surface area contributed by atoms with Gasteiger partial charge in [-0.25, -0.2) is 0 Å². The van der Waals surface area contributed by atoms with Gasteiger partial charge in [0, 0.05) is 44.6 Å². The van der Waals surface area contributed by atoms with E-state index in [1.807, 2.05) is 0 Å². The number of unbranched alkanes of at least 4 members (excludes halogenated alkanes) is 6. The maximum atomic E-state index is 12.8. The maximum Gasteiger partial charge on any atom is 0.225 e. The van der Waals surface area contributed by atoms with Crippen LogP contribution in [0.2, 0.25) is 0 Å². The zero-order valence-electron chi connectivity index (χ0n) is 20.2. The molecule has 2 amide bonds. The van der Waals surface area contributed by atoms with Crippen molar-refractivity contribution >= 4 is 11.8 Å². The van der Waals surface area contributed by atoms with Gasteiger partial charge in [-0.15, -0.1) is 0 Å². The third-order valence-corrected chi connectivity index (χ3v) is 7.87. The number of carbonyl (C=O) groups excluding carboxylic acids is 2. The minimum absolute atomic E-state index is 0.248. The zero-order valence-corrected chi connectivity index (χ0v) is 20.2. The molecule has 3 aliphatic heterocycles. The highest BCUT2D eigenvalue weighted by molar-refractivity contribution is 5.79. The largest absolute Gasteiger partial charge is 0.343 e. The highest BCUT2D eigenvalue weighted by Crippen LogP contribution is 2.26. The first-order valence-electron chi connectivity index (χ1n) is 13.5. The molecule has 3 rings (SSSR count). The van der Waals surface area contributed by atoms with E-state index in [0.29, 0.717) is 17.9 Å². The third kappa shape index (κ3) is 7.76. The topological polar surface area (TPSA) is 43.9 Å². The number of carbonyl (C=O) groups is 2. The van der Waals surface area contributed by atoms with Crippen molar-refractivity contribution in [3.05, 3.63) is 0 Å². The fraction of sp³-hybridized carbons (Fsp3) is 0.923. The Morgan fingerprint density at radius 1 is 0.677 bits per heavy atom. The summed E-state index contributed by atoms with van der Waals surface area (Å²) in [5, 5.41) is 0. The normalized spacial score (nSPS) is 22.1. The van der Waals surface area contributed by atoms with E-state index in [4.69, 9.17) is 0 Å². The van der Waals surface area contributed by atoms with Crippen molar-refractivity contribution in [2.45, 2.75) is 109 Å². The molecule has 0 spiro atoms. The van der Waals surface area contributed by atoms with Crippen LogP contribution in [-0.4, -0.2) is 71.8 Å². The van der Waals surface area contributed by atoms with Crippen LogP contribution in [-0.2, 0) is 9.59 Å². The number of piperidine rings is 3. The van der Waals surface area contributed by atoms with Gasteiger partial charge in [0.1, 0.15) is 0 Å². The Kier molecular flexibility index (Phi) is 10.6. The highest BCUT2D eigenvalue weighted by atomic mass is 16.2. The molecule has 0 saturated carbocycles. The zero-order chi connectivity index (χ0) is 21.9. The van der Waals surface area contributed by atoms with Gasteiger partial charge in [-0.05, 0) is 64.5 Å². The lowest BCUT2D eigenvalue weighted by atomic mass is 9.91. The van der Waals surface area contributed by atoms with Crippen molar-refractivity contribution in [3.63, 3.8) is 0 Å². The highest BCUT2D eigenvalue weighted by Gasteiger charge is 2.33. The molecule has 3 heterocycles. The Bertz CT molecular complexity index is 531. The molecule has 0 unspecified atom stereocenters. The van der Waals surface area contributed by atoms with Crippen LogP contribution in [0, 0.1) is 5.92 Å². The molecule has 3 aliphatic rings. The van der Waals surface area contributed by atoms with Gasteiger partial charge in [0.15, 0.2) is 0 Å². The van der Waals surface area contributed by atoms with Crippen molar-refractivity contribution in [1.29, 1.82) is 0 Å². The fourth-order valence-corrected chi connectivity index (χ4v) is 5.76.